The van der Waals surface area contributed by atoms with Gasteiger partial charge in [0.25, 0.3) is 0 Å². The van der Waals surface area contributed by atoms with E-state index in [1.165, 1.54) is 54.6 Å². The number of nitrogens with one attached hydrogen (secondary N) is 2. The van der Waals surface area contributed by atoms with Gasteiger partial charge in [0, 0.05) is 11.6 Å². The Bertz CT molecular complexity index is 1170. The van der Waals surface area contributed by atoms with Gasteiger partial charge in [-0.25, -0.2) is 0 Å². The maximum absolute atomic E-state index is 11.5. The number of hydrogen-bond acceptors (Lipinski definition) is 6. The molecular weight excluding hydrogens is 470 g/mol. The molecule has 0 amide bonds. The van der Waals surface area contributed by atoms with Crippen molar-refractivity contribution in [3.8, 4) is 11.5 Å². The van der Waals surface area contributed by atoms with Crippen LogP contribution >= 0.6 is 11.3 Å². The van der Waals surface area contributed by atoms with Crippen molar-refractivity contribution in [3.63, 3.8) is 0 Å². The van der Waals surface area contributed by atoms with Crippen molar-refractivity contribution in [1.29, 1.82) is 0 Å². The number of phenolic OH excluding ortho intramolecular Hbond substituents is 2. The van der Waals surface area contributed by atoms with Gasteiger partial charge in [-0.2, -0.15) is 0 Å². The predicted octanol–water partition coefficient (Wildman–Crippen LogP) is 5.35. The third-order valence-corrected chi connectivity index (χ3v) is 8.29. The zero-order valence-corrected chi connectivity index (χ0v) is 22.3. The molecule has 36 heavy (non-hydrogen) atoms. The number of fused-ring (bicyclic) bond motifs is 2. The average molecular weight is 512 g/mol. The highest BCUT2D eigenvalue weighted by Gasteiger charge is 2.26. The lowest BCUT2D eigenvalue weighted by molar-refractivity contribution is 0.175. The summed E-state index contributed by atoms with van der Waals surface area (Å²) >= 11 is 1.28. The van der Waals surface area contributed by atoms with Gasteiger partial charge in [0.05, 0.1) is 10.2 Å². The van der Waals surface area contributed by atoms with Crippen LogP contribution in [0.4, 0.5) is 0 Å². The summed E-state index contributed by atoms with van der Waals surface area (Å²) in [4.78, 5) is 17.0. The molecule has 0 bridgehead atoms. The Morgan fingerprint density at radius 3 is 2.75 bits per heavy atom. The van der Waals surface area contributed by atoms with Crippen molar-refractivity contribution in [2.45, 2.75) is 77.2 Å². The first-order valence-electron chi connectivity index (χ1n) is 13.6. The van der Waals surface area contributed by atoms with E-state index in [-0.39, 0.29) is 16.4 Å². The van der Waals surface area contributed by atoms with Crippen LogP contribution in [-0.2, 0) is 19.3 Å². The van der Waals surface area contributed by atoms with Crippen LogP contribution in [0.3, 0.4) is 0 Å². The molecule has 4 rings (SSSR count). The summed E-state index contributed by atoms with van der Waals surface area (Å²) < 4.78 is 1.04. The number of unbranched alkanes of at least 4 members (excludes halogenated alkanes) is 4. The standard InChI is InChI=1S/C29H41N3O3S/c1-2-17-32(23-10-11-24-22(20-23)9-13-26(33)28(24)34)18-7-5-3-4-6-15-30-16-14-21-8-12-25-27(19-21)36-29(35)31-25/h8-9,12-13,19,23,30,33-34H,2-7,10-11,14-18,20H2,1H3,(H,31,35). The second kappa shape index (κ2) is 13.3. The molecule has 0 saturated heterocycles. The summed E-state index contributed by atoms with van der Waals surface area (Å²) in [6.45, 7) is 6.56. The first-order valence-corrected chi connectivity index (χ1v) is 14.5. The molecule has 4 N–H and O–H groups in total. The molecule has 1 atom stereocenters. The largest absolute Gasteiger partial charge is 0.504 e. The van der Waals surface area contributed by atoms with Crippen molar-refractivity contribution >= 4 is 21.6 Å². The van der Waals surface area contributed by atoms with E-state index >= 15 is 0 Å². The Hall–Kier alpha value is -2.35. The molecule has 1 aliphatic rings. The van der Waals surface area contributed by atoms with E-state index in [4.69, 9.17) is 0 Å². The fraction of sp³-hybridized carbons (Fsp3) is 0.552. The number of thiazole rings is 1. The van der Waals surface area contributed by atoms with Gasteiger partial charge in [-0.1, -0.05) is 49.7 Å². The minimum Gasteiger partial charge on any atom is -0.504 e. The van der Waals surface area contributed by atoms with Crippen LogP contribution in [0.2, 0.25) is 0 Å². The average Bonchev–Trinajstić information content (AvgIpc) is 3.25. The zero-order valence-electron chi connectivity index (χ0n) is 21.5. The van der Waals surface area contributed by atoms with Gasteiger partial charge in [-0.15, -0.1) is 0 Å². The monoisotopic (exact) mass is 511 g/mol. The number of benzene rings is 2. The Kier molecular flexibility index (Phi) is 9.84. The number of nitrogens with zero attached hydrogens (tertiary/aromatic N) is 1. The number of aromatic nitrogens is 1. The minimum absolute atomic E-state index is 0.00238. The number of phenols is 2. The smallest absolute Gasteiger partial charge is 0.305 e. The van der Waals surface area contributed by atoms with Crippen LogP contribution in [0.15, 0.2) is 35.1 Å². The number of H-pyrrole nitrogens is 1. The molecule has 1 aliphatic carbocycles. The Morgan fingerprint density at radius 1 is 1.06 bits per heavy atom. The van der Waals surface area contributed by atoms with E-state index in [1.807, 2.05) is 12.1 Å². The molecule has 3 aromatic rings. The van der Waals surface area contributed by atoms with Gasteiger partial charge in [-0.3, -0.25) is 4.79 Å². The van der Waals surface area contributed by atoms with Crippen molar-refractivity contribution in [2.24, 2.45) is 0 Å². The highest BCUT2D eigenvalue weighted by Crippen LogP contribution is 2.36. The SMILES string of the molecule is CCCN(CCCCCCCNCCc1ccc2[nH]c(=O)sc2c1)C1CCc2c(ccc(O)c2O)C1. The molecule has 0 aliphatic heterocycles. The van der Waals surface area contributed by atoms with E-state index < -0.39 is 0 Å². The topological polar surface area (TPSA) is 88.6 Å². The summed E-state index contributed by atoms with van der Waals surface area (Å²) in [7, 11) is 0. The maximum Gasteiger partial charge on any atom is 0.305 e. The second-order valence-corrected chi connectivity index (χ2v) is 11.1. The Balaban J connectivity index is 1.08. The number of aromatic hydroxyl groups is 2. The lowest BCUT2D eigenvalue weighted by atomic mass is 9.86. The Labute approximate surface area is 218 Å². The first-order chi connectivity index (χ1) is 17.5. The molecule has 7 heteroatoms. The van der Waals surface area contributed by atoms with Crippen LogP contribution < -0.4 is 10.2 Å². The maximum atomic E-state index is 11.5. The van der Waals surface area contributed by atoms with Crippen molar-refractivity contribution in [3.05, 3.63) is 56.7 Å². The number of aromatic amines is 1. The molecule has 196 valence electrons. The molecule has 1 heterocycles. The van der Waals surface area contributed by atoms with Gasteiger partial charge in [-0.05, 0) is 100 Å². The van der Waals surface area contributed by atoms with E-state index in [2.05, 4.69) is 34.3 Å². The molecule has 0 radical (unpaired) electrons. The first kappa shape index (κ1) is 26.7. The fourth-order valence-corrected chi connectivity index (χ4v) is 6.28. The van der Waals surface area contributed by atoms with E-state index in [0.29, 0.717) is 6.04 Å². The van der Waals surface area contributed by atoms with Crippen LogP contribution in [0.5, 0.6) is 11.5 Å². The third-order valence-electron chi connectivity index (χ3n) is 7.44. The highest BCUT2D eigenvalue weighted by molar-refractivity contribution is 7.16. The third kappa shape index (κ3) is 7.11. The normalized spacial score (nSPS) is 15.6. The lowest BCUT2D eigenvalue weighted by Gasteiger charge is -2.35. The molecular formula is C29H41N3O3S. The van der Waals surface area contributed by atoms with Crippen molar-refractivity contribution < 1.29 is 10.2 Å². The number of hydrogen-bond donors (Lipinski definition) is 4. The summed E-state index contributed by atoms with van der Waals surface area (Å²) in [6, 6.07) is 10.4. The lowest BCUT2D eigenvalue weighted by Crippen LogP contribution is -2.40. The zero-order chi connectivity index (χ0) is 25.3. The van der Waals surface area contributed by atoms with Gasteiger partial charge in [0.15, 0.2) is 11.5 Å². The predicted molar refractivity (Wildman–Crippen MR) is 150 cm³/mol. The highest BCUT2D eigenvalue weighted by atomic mass is 32.1. The molecule has 0 saturated carbocycles. The minimum atomic E-state index is 0.00238. The van der Waals surface area contributed by atoms with Crippen LogP contribution in [-0.4, -0.2) is 52.3 Å². The molecule has 0 spiro atoms. The van der Waals surface area contributed by atoms with Crippen LogP contribution in [0.1, 0.15) is 68.6 Å². The van der Waals surface area contributed by atoms with E-state index in [9.17, 15) is 15.0 Å². The van der Waals surface area contributed by atoms with Crippen LogP contribution in [0.25, 0.3) is 10.2 Å². The fourth-order valence-electron chi connectivity index (χ4n) is 5.48. The second-order valence-electron chi connectivity index (χ2n) is 10.1. The molecule has 2 aromatic carbocycles. The molecule has 1 aromatic heterocycles. The van der Waals surface area contributed by atoms with E-state index in [1.54, 1.807) is 6.07 Å². The summed E-state index contributed by atoms with van der Waals surface area (Å²) in [5, 5.41) is 23.5. The summed E-state index contributed by atoms with van der Waals surface area (Å²) in [5.41, 5.74) is 4.34. The summed E-state index contributed by atoms with van der Waals surface area (Å²) in [6.07, 6.45) is 11.3. The van der Waals surface area contributed by atoms with E-state index in [0.717, 1.165) is 74.1 Å². The quantitative estimate of drug-likeness (QED) is 0.173. The Morgan fingerprint density at radius 2 is 1.89 bits per heavy atom. The van der Waals surface area contributed by atoms with Gasteiger partial charge >= 0.3 is 4.87 Å². The van der Waals surface area contributed by atoms with Crippen molar-refractivity contribution in [2.75, 3.05) is 26.2 Å². The van der Waals surface area contributed by atoms with Gasteiger partial charge < -0.3 is 25.4 Å². The summed E-state index contributed by atoms with van der Waals surface area (Å²) in [5.74, 6) is 0.0858. The van der Waals surface area contributed by atoms with Crippen LogP contribution in [0, 0.1) is 0 Å². The molecule has 1 unspecified atom stereocenters. The molecule has 0 fully saturated rings. The van der Waals surface area contributed by atoms with Gasteiger partial charge in [0.2, 0.25) is 0 Å². The number of rotatable bonds is 14. The van der Waals surface area contributed by atoms with Crippen molar-refractivity contribution in [1.82, 2.24) is 15.2 Å². The molecule has 6 nitrogen and oxygen atoms in total. The van der Waals surface area contributed by atoms with Gasteiger partial charge in [0.1, 0.15) is 0 Å².